The zero-order chi connectivity index (χ0) is 11.1. The Morgan fingerprint density at radius 3 is 2.60 bits per heavy atom. The molecule has 0 aliphatic heterocycles. The number of aldehydes is 1. The van der Waals surface area contributed by atoms with E-state index in [2.05, 4.69) is 16.2 Å². The standard InChI is InChI=1S/C8H8N2.C4H6O/c1-3-7-4-5-8(9-2)10-6-7;5-3-4-1-2-4/h1,4-6H,2H3,(H,9,10);3-4H,1-2H2. The minimum Gasteiger partial charge on any atom is -0.373 e. The molecule has 0 amide bonds. The number of aromatic nitrogens is 1. The summed E-state index contributed by atoms with van der Waals surface area (Å²) in [6, 6.07) is 3.69. The van der Waals surface area contributed by atoms with Gasteiger partial charge in [-0.1, -0.05) is 5.92 Å². The second kappa shape index (κ2) is 5.82. The highest BCUT2D eigenvalue weighted by molar-refractivity contribution is 5.56. The van der Waals surface area contributed by atoms with Crippen LogP contribution in [0.5, 0.6) is 0 Å². The average Bonchev–Trinajstić information content (AvgIpc) is 3.13. The fourth-order valence-electron chi connectivity index (χ4n) is 0.859. The van der Waals surface area contributed by atoms with Crippen LogP contribution in [0, 0.1) is 18.3 Å². The van der Waals surface area contributed by atoms with Crippen LogP contribution in [-0.4, -0.2) is 18.3 Å². The quantitative estimate of drug-likeness (QED) is 0.586. The predicted molar refractivity (Wildman–Crippen MR) is 60.5 cm³/mol. The molecule has 3 nitrogen and oxygen atoms in total. The van der Waals surface area contributed by atoms with Gasteiger partial charge in [0.25, 0.3) is 0 Å². The summed E-state index contributed by atoms with van der Waals surface area (Å²) >= 11 is 0. The molecule has 0 radical (unpaired) electrons. The molecule has 3 heteroatoms. The molecule has 0 unspecified atom stereocenters. The lowest BCUT2D eigenvalue weighted by molar-refractivity contribution is -0.108. The number of hydrogen-bond donors (Lipinski definition) is 1. The Bertz CT molecular complexity index is 347. The molecule has 0 saturated heterocycles. The Balaban J connectivity index is 0.000000187. The molecule has 1 heterocycles. The van der Waals surface area contributed by atoms with Crippen molar-refractivity contribution in [2.75, 3.05) is 12.4 Å². The van der Waals surface area contributed by atoms with E-state index in [0.29, 0.717) is 5.92 Å². The predicted octanol–water partition coefficient (Wildman–Crippen LogP) is 1.70. The van der Waals surface area contributed by atoms with Crippen molar-refractivity contribution in [1.82, 2.24) is 4.98 Å². The lowest BCUT2D eigenvalue weighted by atomic mass is 10.3. The van der Waals surface area contributed by atoms with E-state index in [1.165, 1.54) is 0 Å². The van der Waals surface area contributed by atoms with E-state index in [1.54, 1.807) is 6.20 Å². The number of carbonyl (C=O) groups is 1. The van der Waals surface area contributed by atoms with Crippen molar-refractivity contribution in [3.05, 3.63) is 23.9 Å². The first kappa shape index (κ1) is 11.3. The molecule has 15 heavy (non-hydrogen) atoms. The fraction of sp³-hybridized carbons (Fsp3) is 0.333. The molecule has 1 N–H and O–H groups in total. The van der Waals surface area contributed by atoms with Gasteiger partial charge in [0.1, 0.15) is 12.1 Å². The van der Waals surface area contributed by atoms with E-state index in [0.717, 1.165) is 30.5 Å². The Morgan fingerprint density at radius 1 is 1.60 bits per heavy atom. The molecule has 78 valence electrons. The van der Waals surface area contributed by atoms with Crippen LogP contribution in [0.2, 0.25) is 0 Å². The molecule has 0 spiro atoms. The first-order valence-corrected chi connectivity index (χ1v) is 4.86. The smallest absolute Gasteiger partial charge is 0.125 e. The van der Waals surface area contributed by atoms with Gasteiger partial charge in [-0.05, 0) is 25.0 Å². The number of anilines is 1. The SMILES string of the molecule is C#Cc1ccc(NC)nc1.O=CC1CC1. The third-order valence-corrected chi connectivity index (χ3v) is 2.00. The summed E-state index contributed by atoms with van der Waals surface area (Å²) in [5.74, 6) is 3.77. The van der Waals surface area contributed by atoms with Crippen LogP contribution in [0.4, 0.5) is 5.82 Å². The molecular formula is C12H14N2O. The van der Waals surface area contributed by atoms with Crippen molar-refractivity contribution >= 4 is 12.1 Å². The number of nitrogens with one attached hydrogen (secondary N) is 1. The van der Waals surface area contributed by atoms with E-state index in [4.69, 9.17) is 6.42 Å². The highest BCUT2D eigenvalue weighted by Gasteiger charge is 2.18. The van der Waals surface area contributed by atoms with Gasteiger partial charge >= 0.3 is 0 Å². The molecule has 1 saturated carbocycles. The lowest BCUT2D eigenvalue weighted by Gasteiger charge is -1.95. The number of pyridine rings is 1. The number of rotatable bonds is 2. The van der Waals surface area contributed by atoms with Crippen molar-refractivity contribution in [3.8, 4) is 12.3 Å². The van der Waals surface area contributed by atoms with E-state index in [-0.39, 0.29) is 0 Å². The highest BCUT2D eigenvalue weighted by atomic mass is 16.1. The molecular weight excluding hydrogens is 188 g/mol. The number of terminal acetylenes is 1. The monoisotopic (exact) mass is 202 g/mol. The third-order valence-electron chi connectivity index (χ3n) is 2.00. The summed E-state index contributed by atoms with van der Waals surface area (Å²) in [6.07, 6.45) is 10.1. The largest absolute Gasteiger partial charge is 0.373 e. The second-order valence-corrected chi connectivity index (χ2v) is 3.30. The van der Waals surface area contributed by atoms with Crippen molar-refractivity contribution < 1.29 is 4.79 Å². The molecule has 1 aromatic heterocycles. The van der Waals surface area contributed by atoms with Gasteiger partial charge in [0.05, 0.1) is 0 Å². The average molecular weight is 202 g/mol. The van der Waals surface area contributed by atoms with Gasteiger partial charge in [0.2, 0.25) is 0 Å². The topological polar surface area (TPSA) is 42.0 Å². The second-order valence-electron chi connectivity index (χ2n) is 3.30. The van der Waals surface area contributed by atoms with Crippen molar-refractivity contribution in [2.24, 2.45) is 5.92 Å². The van der Waals surface area contributed by atoms with Gasteiger partial charge in [-0.2, -0.15) is 0 Å². The lowest BCUT2D eigenvalue weighted by Crippen LogP contribution is -1.90. The van der Waals surface area contributed by atoms with Gasteiger partial charge in [-0.3, -0.25) is 0 Å². The summed E-state index contributed by atoms with van der Waals surface area (Å²) in [6.45, 7) is 0. The summed E-state index contributed by atoms with van der Waals surface area (Å²) in [7, 11) is 1.82. The number of nitrogens with zero attached hydrogens (tertiary/aromatic N) is 1. The number of hydrogen-bond acceptors (Lipinski definition) is 3. The summed E-state index contributed by atoms with van der Waals surface area (Å²) in [5, 5.41) is 2.90. The zero-order valence-electron chi connectivity index (χ0n) is 8.73. The van der Waals surface area contributed by atoms with Gasteiger partial charge in [-0.15, -0.1) is 6.42 Å². The molecule has 0 bridgehead atoms. The molecule has 1 aromatic rings. The van der Waals surface area contributed by atoms with Gasteiger partial charge < -0.3 is 10.1 Å². The van der Waals surface area contributed by atoms with E-state index < -0.39 is 0 Å². The van der Waals surface area contributed by atoms with E-state index >= 15 is 0 Å². The first-order chi connectivity index (χ1) is 7.30. The van der Waals surface area contributed by atoms with E-state index in [9.17, 15) is 4.79 Å². The van der Waals surface area contributed by atoms with Crippen LogP contribution in [-0.2, 0) is 4.79 Å². The van der Waals surface area contributed by atoms with Gasteiger partial charge in [0, 0.05) is 24.7 Å². The van der Waals surface area contributed by atoms with Gasteiger partial charge in [-0.25, -0.2) is 4.98 Å². The molecule has 1 fully saturated rings. The normalized spacial score (nSPS) is 13.1. The summed E-state index contributed by atoms with van der Waals surface area (Å²) < 4.78 is 0. The summed E-state index contributed by atoms with van der Waals surface area (Å²) in [4.78, 5) is 13.6. The Kier molecular flexibility index (Phi) is 4.36. The van der Waals surface area contributed by atoms with Crippen LogP contribution < -0.4 is 5.32 Å². The van der Waals surface area contributed by atoms with Crippen LogP contribution in [0.25, 0.3) is 0 Å². The Morgan fingerprint density at radius 2 is 2.33 bits per heavy atom. The zero-order valence-corrected chi connectivity index (χ0v) is 8.73. The fourth-order valence-corrected chi connectivity index (χ4v) is 0.859. The molecule has 2 rings (SSSR count). The van der Waals surface area contributed by atoms with Crippen LogP contribution in [0.3, 0.4) is 0 Å². The van der Waals surface area contributed by atoms with Crippen molar-refractivity contribution in [3.63, 3.8) is 0 Å². The highest BCUT2D eigenvalue weighted by Crippen LogP contribution is 2.25. The van der Waals surface area contributed by atoms with Crippen LogP contribution >= 0.6 is 0 Å². The molecule has 1 aliphatic rings. The Labute approximate surface area is 89.9 Å². The van der Waals surface area contributed by atoms with Crippen molar-refractivity contribution in [2.45, 2.75) is 12.8 Å². The maximum absolute atomic E-state index is 9.57. The first-order valence-electron chi connectivity index (χ1n) is 4.86. The summed E-state index contributed by atoms with van der Waals surface area (Å²) in [5.41, 5.74) is 0.805. The minimum atomic E-state index is 0.454. The third kappa shape index (κ3) is 4.28. The van der Waals surface area contributed by atoms with Crippen molar-refractivity contribution in [1.29, 1.82) is 0 Å². The Hall–Kier alpha value is -1.82. The van der Waals surface area contributed by atoms with E-state index in [1.807, 2.05) is 19.2 Å². The van der Waals surface area contributed by atoms with Crippen LogP contribution in [0.15, 0.2) is 18.3 Å². The molecule has 0 atom stereocenters. The number of carbonyl (C=O) groups excluding carboxylic acids is 1. The van der Waals surface area contributed by atoms with Crippen LogP contribution in [0.1, 0.15) is 18.4 Å². The maximum Gasteiger partial charge on any atom is 0.125 e. The molecule has 1 aliphatic carbocycles. The molecule has 0 aromatic carbocycles. The minimum absolute atomic E-state index is 0.454. The van der Waals surface area contributed by atoms with Gasteiger partial charge in [0.15, 0.2) is 0 Å². The maximum atomic E-state index is 9.57.